The summed E-state index contributed by atoms with van der Waals surface area (Å²) < 4.78 is 5.48. The SMILES string of the molecule is CCN(c1cccc(C)c1)c1cnnc(Nc2ccccc2N2CCOCC2)n1. The van der Waals surface area contributed by atoms with E-state index in [1.807, 2.05) is 18.2 Å². The Morgan fingerprint density at radius 2 is 1.93 bits per heavy atom. The maximum absolute atomic E-state index is 5.48. The van der Waals surface area contributed by atoms with Gasteiger partial charge in [-0.2, -0.15) is 10.1 Å². The van der Waals surface area contributed by atoms with Crippen molar-refractivity contribution in [2.24, 2.45) is 0 Å². The fourth-order valence-electron chi connectivity index (χ4n) is 3.53. The first-order valence-corrected chi connectivity index (χ1v) is 9.97. The molecule has 1 fully saturated rings. The minimum absolute atomic E-state index is 0.481. The lowest BCUT2D eigenvalue weighted by molar-refractivity contribution is 0.123. The minimum Gasteiger partial charge on any atom is -0.378 e. The van der Waals surface area contributed by atoms with Gasteiger partial charge < -0.3 is 19.9 Å². The van der Waals surface area contributed by atoms with E-state index in [4.69, 9.17) is 9.72 Å². The Labute approximate surface area is 171 Å². The van der Waals surface area contributed by atoms with Crippen LogP contribution in [0.5, 0.6) is 0 Å². The van der Waals surface area contributed by atoms with Crippen molar-refractivity contribution in [3.8, 4) is 0 Å². The standard InChI is InChI=1S/C22H26N6O/c1-3-28(18-8-6-7-17(2)15-18)21-16-23-26-22(25-21)24-19-9-4-5-10-20(19)27-11-13-29-14-12-27/h4-10,15-16H,3,11-14H2,1-2H3,(H,24,25,26). The number of aryl methyl sites for hydroxylation is 1. The van der Waals surface area contributed by atoms with Gasteiger partial charge in [0.05, 0.1) is 30.8 Å². The highest BCUT2D eigenvalue weighted by Crippen LogP contribution is 2.29. The third kappa shape index (κ3) is 4.46. The van der Waals surface area contributed by atoms with Gasteiger partial charge in [0.1, 0.15) is 0 Å². The lowest BCUT2D eigenvalue weighted by atomic mass is 10.2. The van der Waals surface area contributed by atoms with Gasteiger partial charge in [0, 0.05) is 25.3 Å². The summed E-state index contributed by atoms with van der Waals surface area (Å²) >= 11 is 0. The van der Waals surface area contributed by atoms with Crippen LogP contribution in [0.2, 0.25) is 0 Å². The Kier molecular flexibility index (Phi) is 5.86. The number of benzene rings is 2. The molecular weight excluding hydrogens is 364 g/mol. The van der Waals surface area contributed by atoms with Crippen molar-refractivity contribution in [2.45, 2.75) is 13.8 Å². The fraction of sp³-hybridized carbons (Fsp3) is 0.318. The average Bonchev–Trinajstić information content (AvgIpc) is 2.76. The summed E-state index contributed by atoms with van der Waals surface area (Å²) in [6.07, 6.45) is 1.70. The molecular formula is C22H26N6O. The van der Waals surface area contributed by atoms with Gasteiger partial charge in [-0.1, -0.05) is 24.3 Å². The van der Waals surface area contributed by atoms with Gasteiger partial charge in [0.2, 0.25) is 5.95 Å². The van der Waals surface area contributed by atoms with Crippen molar-refractivity contribution < 1.29 is 4.74 Å². The lowest BCUT2D eigenvalue weighted by Crippen LogP contribution is -2.36. The molecule has 2 aromatic carbocycles. The molecule has 0 saturated carbocycles. The van der Waals surface area contributed by atoms with Crippen LogP contribution < -0.4 is 15.1 Å². The van der Waals surface area contributed by atoms with E-state index in [-0.39, 0.29) is 0 Å². The van der Waals surface area contributed by atoms with E-state index in [9.17, 15) is 0 Å². The summed E-state index contributed by atoms with van der Waals surface area (Å²) in [7, 11) is 0. The normalized spacial score (nSPS) is 13.9. The van der Waals surface area contributed by atoms with Crippen LogP contribution in [0, 0.1) is 6.92 Å². The number of anilines is 5. The number of hydrogen-bond donors (Lipinski definition) is 1. The van der Waals surface area contributed by atoms with Crippen LogP contribution in [0.25, 0.3) is 0 Å². The molecule has 0 amide bonds. The molecule has 7 heteroatoms. The molecule has 3 aromatic rings. The predicted octanol–water partition coefficient (Wildman–Crippen LogP) is 3.92. The van der Waals surface area contributed by atoms with Gasteiger partial charge in [0.15, 0.2) is 5.82 Å². The van der Waals surface area contributed by atoms with Crippen LogP contribution >= 0.6 is 0 Å². The lowest BCUT2D eigenvalue weighted by Gasteiger charge is -2.30. The van der Waals surface area contributed by atoms with E-state index in [1.54, 1.807) is 6.20 Å². The molecule has 0 aliphatic carbocycles. The molecule has 0 unspecified atom stereocenters. The van der Waals surface area contributed by atoms with Crippen LogP contribution in [0.15, 0.2) is 54.7 Å². The smallest absolute Gasteiger partial charge is 0.249 e. The van der Waals surface area contributed by atoms with Crippen LogP contribution in [0.3, 0.4) is 0 Å². The second-order valence-corrected chi connectivity index (χ2v) is 6.96. The summed E-state index contributed by atoms with van der Waals surface area (Å²) in [6.45, 7) is 8.19. The van der Waals surface area contributed by atoms with Crippen molar-refractivity contribution >= 4 is 28.8 Å². The number of para-hydroxylation sites is 2. The molecule has 1 saturated heterocycles. The third-order valence-corrected chi connectivity index (χ3v) is 4.95. The first kappa shape index (κ1) is 19.1. The van der Waals surface area contributed by atoms with E-state index in [1.165, 1.54) is 5.56 Å². The quantitative estimate of drug-likeness (QED) is 0.684. The first-order chi connectivity index (χ1) is 14.2. The average molecular weight is 390 g/mol. The Morgan fingerprint density at radius 3 is 2.72 bits per heavy atom. The number of ether oxygens (including phenoxy) is 1. The fourth-order valence-corrected chi connectivity index (χ4v) is 3.53. The van der Waals surface area contributed by atoms with Crippen molar-refractivity contribution in [1.29, 1.82) is 0 Å². The van der Waals surface area contributed by atoms with E-state index in [0.717, 1.165) is 55.7 Å². The van der Waals surface area contributed by atoms with Crippen molar-refractivity contribution in [1.82, 2.24) is 15.2 Å². The summed E-state index contributed by atoms with van der Waals surface area (Å²) in [5, 5.41) is 11.8. The summed E-state index contributed by atoms with van der Waals surface area (Å²) in [5.41, 5.74) is 4.39. The topological polar surface area (TPSA) is 66.4 Å². The molecule has 0 spiro atoms. The van der Waals surface area contributed by atoms with Gasteiger partial charge in [-0.15, -0.1) is 5.10 Å². The molecule has 0 bridgehead atoms. The predicted molar refractivity (Wildman–Crippen MR) is 116 cm³/mol. The largest absolute Gasteiger partial charge is 0.378 e. The van der Waals surface area contributed by atoms with Gasteiger partial charge in [0.25, 0.3) is 0 Å². The Morgan fingerprint density at radius 1 is 1.10 bits per heavy atom. The number of nitrogens with zero attached hydrogens (tertiary/aromatic N) is 5. The Balaban J connectivity index is 1.60. The summed E-state index contributed by atoms with van der Waals surface area (Å²) in [6, 6.07) is 16.6. The molecule has 7 nitrogen and oxygen atoms in total. The van der Waals surface area contributed by atoms with Crippen LogP contribution in [-0.2, 0) is 4.74 Å². The molecule has 0 atom stereocenters. The molecule has 0 radical (unpaired) electrons. The second-order valence-electron chi connectivity index (χ2n) is 6.96. The molecule has 1 aliphatic heterocycles. The number of nitrogens with one attached hydrogen (secondary N) is 1. The summed E-state index contributed by atoms with van der Waals surface area (Å²) in [5.74, 6) is 1.24. The number of morpholine rings is 1. The van der Waals surface area contributed by atoms with Gasteiger partial charge in [-0.05, 0) is 43.7 Å². The second kappa shape index (κ2) is 8.87. The van der Waals surface area contributed by atoms with Crippen LogP contribution in [0.1, 0.15) is 12.5 Å². The highest BCUT2D eigenvalue weighted by Gasteiger charge is 2.16. The molecule has 1 aromatic heterocycles. The number of rotatable bonds is 6. The van der Waals surface area contributed by atoms with Gasteiger partial charge in [-0.25, -0.2) is 0 Å². The van der Waals surface area contributed by atoms with E-state index in [2.05, 4.69) is 69.5 Å². The number of aromatic nitrogens is 3. The molecule has 29 heavy (non-hydrogen) atoms. The van der Waals surface area contributed by atoms with Gasteiger partial charge >= 0.3 is 0 Å². The highest BCUT2D eigenvalue weighted by molar-refractivity contribution is 5.74. The Bertz CT molecular complexity index is 957. The monoisotopic (exact) mass is 390 g/mol. The Hall–Kier alpha value is -3.19. The zero-order valence-electron chi connectivity index (χ0n) is 16.9. The van der Waals surface area contributed by atoms with Gasteiger partial charge in [-0.3, -0.25) is 0 Å². The molecule has 1 aliphatic rings. The third-order valence-electron chi connectivity index (χ3n) is 4.95. The zero-order chi connectivity index (χ0) is 20.1. The zero-order valence-corrected chi connectivity index (χ0v) is 16.9. The van der Waals surface area contributed by atoms with Crippen molar-refractivity contribution in [2.75, 3.05) is 48.0 Å². The minimum atomic E-state index is 0.481. The van der Waals surface area contributed by atoms with Crippen molar-refractivity contribution in [3.63, 3.8) is 0 Å². The van der Waals surface area contributed by atoms with Crippen LogP contribution in [-0.4, -0.2) is 48.0 Å². The maximum Gasteiger partial charge on any atom is 0.249 e. The maximum atomic E-state index is 5.48. The molecule has 2 heterocycles. The molecule has 1 N–H and O–H groups in total. The van der Waals surface area contributed by atoms with E-state index < -0.39 is 0 Å². The number of hydrogen-bond acceptors (Lipinski definition) is 7. The first-order valence-electron chi connectivity index (χ1n) is 9.97. The highest BCUT2D eigenvalue weighted by atomic mass is 16.5. The van der Waals surface area contributed by atoms with E-state index >= 15 is 0 Å². The molecule has 150 valence electrons. The van der Waals surface area contributed by atoms with Crippen molar-refractivity contribution in [3.05, 3.63) is 60.3 Å². The summed E-state index contributed by atoms with van der Waals surface area (Å²) in [4.78, 5) is 9.17. The molecule has 4 rings (SSSR count). The van der Waals surface area contributed by atoms with E-state index in [0.29, 0.717) is 5.95 Å². The van der Waals surface area contributed by atoms with Crippen LogP contribution in [0.4, 0.5) is 28.8 Å².